The fraction of sp³-hybridized carbons (Fsp3) is 0.417. The Morgan fingerprint density at radius 1 is 1.61 bits per heavy atom. The third-order valence-electron chi connectivity index (χ3n) is 2.46. The SMILES string of the molecule is CSCCC(NCc1cc(Br)ccc1Cl)C(=O)O. The van der Waals surface area contributed by atoms with Gasteiger partial charge in [0.2, 0.25) is 0 Å². The zero-order chi connectivity index (χ0) is 13.5. The Morgan fingerprint density at radius 3 is 2.94 bits per heavy atom. The number of carboxylic acid groups (broad SMARTS) is 1. The van der Waals surface area contributed by atoms with E-state index in [1.807, 2.05) is 18.4 Å². The van der Waals surface area contributed by atoms with E-state index in [1.54, 1.807) is 17.8 Å². The monoisotopic (exact) mass is 351 g/mol. The molecule has 1 unspecified atom stereocenters. The van der Waals surface area contributed by atoms with Crippen molar-refractivity contribution in [3.63, 3.8) is 0 Å². The summed E-state index contributed by atoms with van der Waals surface area (Å²) in [6.07, 6.45) is 2.56. The summed E-state index contributed by atoms with van der Waals surface area (Å²) < 4.78 is 0.930. The van der Waals surface area contributed by atoms with Gasteiger partial charge in [-0.25, -0.2) is 0 Å². The van der Waals surface area contributed by atoms with Crippen LogP contribution in [-0.2, 0) is 11.3 Å². The van der Waals surface area contributed by atoms with Crippen LogP contribution in [0.5, 0.6) is 0 Å². The Kier molecular flexibility index (Phi) is 7.07. The van der Waals surface area contributed by atoms with Crippen LogP contribution in [0.4, 0.5) is 0 Å². The van der Waals surface area contributed by atoms with Crippen LogP contribution in [0, 0.1) is 0 Å². The highest BCUT2D eigenvalue weighted by Gasteiger charge is 2.16. The summed E-state index contributed by atoms with van der Waals surface area (Å²) in [5.74, 6) is -0.00826. The predicted octanol–water partition coefficient (Wildman–Crippen LogP) is 3.40. The molecule has 0 amide bonds. The Bertz CT molecular complexity index is 417. The molecule has 3 nitrogen and oxygen atoms in total. The van der Waals surface area contributed by atoms with Crippen LogP contribution < -0.4 is 5.32 Å². The fourth-order valence-electron chi connectivity index (χ4n) is 1.46. The van der Waals surface area contributed by atoms with E-state index in [0.29, 0.717) is 18.0 Å². The van der Waals surface area contributed by atoms with Crippen molar-refractivity contribution in [2.24, 2.45) is 0 Å². The molecule has 0 spiro atoms. The second kappa shape index (κ2) is 8.04. The fourth-order valence-corrected chi connectivity index (χ4v) is 2.52. The third kappa shape index (κ3) is 5.18. The third-order valence-corrected chi connectivity index (χ3v) is 3.96. The van der Waals surface area contributed by atoms with Crippen molar-refractivity contribution in [2.45, 2.75) is 19.0 Å². The minimum atomic E-state index is -0.824. The van der Waals surface area contributed by atoms with Crippen molar-refractivity contribution in [3.05, 3.63) is 33.3 Å². The van der Waals surface area contributed by atoms with Gasteiger partial charge in [-0.05, 0) is 42.2 Å². The molecule has 0 aliphatic rings. The van der Waals surface area contributed by atoms with E-state index in [4.69, 9.17) is 16.7 Å². The topological polar surface area (TPSA) is 49.3 Å². The van der Waals surface area contributed by atoms with E-state index in [9.17, 15) is 4.79 Å². The lowest BCUT2D eigenvalue weighted by Gasteiger charge is -2.14. The number of rotatable bonds is 7. The van der Waals surface area contributed by atoms with Crippen molar-refractivity contribution in [1.29, 1.82) is 0 Å². The molecule has 0 radical (unpaired) electrons. The number of carbonyl (C=O) groups is 1. The quantitative estimate of drug-likeness (QED) is 0.789. The van der Waals surface area contributed by atoms with E-state index in [0.717, 1.165) is 15.8 Å². The normalized spacial score (nSPS) is 12.4. The molecule has 100 valence electrons. The van der Waals surface area contributed by atoms with Gasteiger partial charge in [-0.3, -0.25) is 4.79 Å². The number of hydrogen-bond donors (Lipinski definition) is 2. The van der Waals surface area contributed by atoms with Crippen molar-refractivity contribution in [3.8, 4) is 0 Å². The molecule has 0 aromatic heterocycles. The second-order valence-electron chi connectivity index (χ2n) is 3.79. The van der Waals surface area contributed by atoms with E-state index in [1.165, 1.54) is 0 Å². The number of halogens is 2. The van der Waals surface area contributed by atoms with E-state index < -0.39 is 12.0 Å². The van der Waals surface area contributed by atoms with Gasteiger partial charge in [-0.1, -0.05) is 27.5 Å². The number of benzene rings is 1. The first-order valence-electron chi connectivity index (χ1n) is 5.43. The highest BCUT2D eigenvalue weighted by molar-refractivity contribution is 9.10. The zero-order valence-corrected chi connectivity index (χ0v) is 13.1. The highest BCUT2D eigenvalue weighted by atomic mass is 79.9. The lowest BCUT2D eigenvalue weighted by molar-refractivity contribution is -0.139. The van der Waals surface area contributed by atoms with E-state index in [2.05, 4.69) is 21.2 Å². The van der Waals surface area contributed by atoms with Crippen LogP contribution in [0.2, 0.25) is 5.02 Å². The summed E-state index contributed by atoms with van der Waals surface area (Å²) in [4.78, 5) is 11.1. The maximum absolute atomic E-state index is 11.1. The first kappa shape index (κ1) is 15.8. The molecule has 6 heteroatoms. The van der Waals surface area contributed by atoms with Gasteiger partial charge < -0.3 is 10.4 Å². The minimum Gasteiger partial charge on any atom is -0.480 e. The summed E-state index contributed by atoms with van der Waals surface area (Å²) in [5.41, 5.74) is 0.890. The molecule has 2 N–H and O–H groups in total. The molecule has 0 saturated heterocycles. The van der Waals surface area contributed by atoms with Crippen molar-refractivity contribution < 1.29 is 9.90 Å². The van der Waals surface area contributed by atoms with Crippen molar-refractivity contribution in [2.75, 3.05) is 12.0 Å². The number of carboxylic acids is 1. The summed E-state index contributed by atoms with van der Waals surface area (Å²) in [7, 11) is 0. The number of hydrogen-bond acceptors (Lipinski definition) is 3. The summed E-state index contributed by atoms with van der Waals surface area (Å²) in [5, 5.41) is 12.7. The van der Waals surface area contributed by atoms with Crippen LogP contribution >= 0.6 is 39.3 Å². The van der Waals surface area contributed by atoms with Crippen molar-refractivity contribution >= 4 is 45.3 Å². The average molecular weight is 353 g/mol. The first-order valence-corrected chi connectivity index (χ1v) is 8.00. The van der Waals surface area contributed by atoms with Crippen LogP contribution in [0.3, 0.4) is 0 Å². The van der Waals surface area contributed by atoms with Crippen LogP contribution in [0.25, 0.3) is 0 Å². The molecule has 0 heterocycles. The Hall–Kier alpha value is -0.230. The molecule has 0 aliphatic carbocycles. The van der Waals surface area contributed by atoms with E-state index in [-0.39, 0.29) is 0 Å². The van der Waals surface area contributed by atoms with Crippen LogP contribution in [0.15, 0.2) is 22.7 Å². The predicted molar refractivity (Wildman–Crippen MR) is 80.4 cm³/mol. The second-order valence-corrected chi connectivity index (χ2v) is 6.10. The van der Waals surface area contributed by atoms with Crippen LogP contribution in [-0.4, -0.2) is 29.1 Å². The molecule has 0 saturated carbocycles. The van der Waals surface area contributed by atoms with Gasteiger partial charge in [0.15, 0.2) is 0 Å². The highest BCUT2D eigenvalue weighted by Crippen LogP contribution is 2.21. The molecule has 1 atom stereocenters. The minimum absolute atomic E-state index is 0.448. The maximum Gasteiger partial charge on any atom is 0.320 e. The van der Waals surface area contributed by atoms with Crippen LogP contribution in [0.1, 0.15) is 12.0 Å². The molecule has 0 fully saturated rings. The zero-order valence-electron chi connectivity index (χ0n) is 9.95. The number of nitrogens with one attached hydrogen (secondary N) is 1. The summed E-state index contributed by atoms with van der Waals surface area (Å²) in [6.45, 7) is 0.448. The lowest BCUT2D eigenvalue weighted by atomic mass is 10.2. The smallest absolute Gasteiger partial charge is 0.320 e. The number of aliphatic carboxylic acids is 1. The maximum atomic E-state index is 11.1. The van der Waals surface area contributed by atoms with Gasteiger partial charge in [0.05, 0.1) is 0 Å². The molecular weight excluding hydrogens is 338 g/mol. The largest absolute Gasteiger partial charge is 0.480 e. The van der Waals surface area contributed by atoms with Gasteiger partial charge in [0.25, 0.3) is 0 Å². The average Bonchev–Trinajstić information content (AvgIpc) is 2.33. The van der Waals surface area contributed by atoms with Gasteiger partial charge in [0, 0.05) is 16.0 Å². The van der Waals surface area contributed by atoms with Gasteiger partial charge in [-0.15, -0.1) is 0 Å². The number of thioether (sulfide) groups is 1. The van der Waals surface area contributed by atoms with Gasteiger partial charge in [-0.2, -0.15) is 11.8 Å². The lowest BCUT2D eigenvalue weighted by Crippen LogP contribution is -2.36. The van der Waals surface area contributed by atoms with Gasteiger partial charge in [0.1, 0.15) is 6.04 Å². The summed E-state index contributed by atoms with van der Waals surface area (Å²) >= 11 is 11.1. The standard InChI is InChI=1S/C12H15BrClNO2S/c1-18-5-4-11(12(16)17)15-7-8-6-9(13)2-3-10(8)14/h2-3,6,11,15H,4-5,7H2,1H3,(H,16,17). The van der Waals surface area contributed by atoms with E-state index >= 15 is 0 Å². The Balaban J connectivity index is 2.60. The van der Waals surface area contributed by atoms with Crippen molar-refractivity contribution in [1.82, 2.24) is 5.32 Å². The molecule has 18 heavy (non-hydrogen) atoms. The Morgan fingerprint density at radius 2 is 2.33 bits per heavy atom. The first-order chi connectivity index (χ1) is 8.54. The summed E-state index contributed by atoms with van der Waals surface area (Å²) in [6, 6.07) is 5.00. The molecule has 1 rings (SSSR count). The Labute approximate surface area is 124 Å². The molecule has 0 bridgehead atoms. The molecule has 1 aromatic carbocycles. The molecule has 1 aromatic rings. The molecular formula is C12H15BrClNO2S. The molecule has 0 aliphatic heterocycles. The van der Waals surface area contributed by atoms with Gasteiger partial charge >= 0.3 is 5.97 Å².